The van der Waals surface area contributed by atoms with Crippen molar-refractivity contribution in [3.05, 3.63) is 23.8 Å². The van der Waals surface area contributed by atoms with Gasteiger partial charge in [0.2, 0.25) is 0 Å². The van der Waals surface area contributed by atoms with Crippen molar-refractivity contribution in [2.24, 2.45) is 0 Å². The summed E-state index contributed by atoms with van der Waals surface area (Å²) in [5.41, 5.74) is -0.483. The van der Waals surface area contributed by atoms with Crippen molar-refractivity contribution in [1.82, 2.24) is 10.6 Å². The molecule has 110 valence electrons. The number of rotatable bonds is 5. The van der Waals surface area contributed by atoms with Gasteiger partial charge in [-0.2, -0.15) is 0 Å². The lowest BCUT2D eigenvalue weighted by molar-refractivity contribution is 0.0561. The SMILES string of the molecule is COc1cccc(C(=O)NCC2(O)CCNC2)c1OC. The van der Waals surface area contributed by atoms with Crippen LogP contribution >= 0.6 is 0 Å². The van der Waals surface area contributed by atoms with E-state index in [0.717, 1.165) is 6.54 Å². The van der Waals surface area contributed by atoms with Crippen LogP contribution in [0.3, 0.4) is 0 Å². The van der Waals surface area contributed by atoms with Crippen molar-refractivity contribution in [2.45, 2.75) is 12.0 Å². The Morgan fingerprint density at radius 1 is 1.45 bits per heavy atom. The van der Waals surface area contributed by atoms with Gasteiger partial charge in [-0.05, 0) is 25.1 Å². The Bertz CT molecular complexity index is 484. The molecule has 1 aromatic carbocycles. The summed E-state index contributed by atoms with van der Waals surface area (Å²) in [5.74, 6) is 0.603. The lowest BCUT2D eigenvalue weighted by Crippen LogP contribution is -2.44. The maximum atomic E-state index is 12.2. The molecule has 1 atom stereocenters. The molecule has 1 saturated heterocycles. The summed E-state index contributed by atoms with van der Waals surface area (Å²) in [6.45, 7) is 1.45. The minimum atomic E-state index is -0.873. The molecule has 2 rings (SSSR count). The molecule has 20 heavy (non-hydrogen) atoms. The summed E-state index contributed by atoms with van der Waals surface area (Å²) < 4.78 is 10.4. The van der Waals surface area contributed by atoms with Gasteiger partial charge in [0, 0.05) is 13.1 Å². The second-order valence-corrected chi connectivity index (χ2v) is 4.87. The number of amides is 1. The molecule has 1 aliphatic heterocycles. The molecule has 0 aromatic heterocycles. The van der Waals surface area contributed by atoms with Gasteiger partial charge in [-0.25, -0.2) is 0 Å². The van der Waals surface area contributed by atoms with Gasteiger partial charge in [0.1, 0.15) is 0 Å². The van der Waals surface area contributed by atoms with E-state index in [0.29, 0.717) is 30.0 Å². The molecule has 1 unspecified atom stereocenters. The molecule has 6 heteroatoms. The Morgan fingerprint density at radius 3 is 2.85 bits per heavy atom. The number of ether oxygens (including phenoxy) is 2. The molecule has 0 spiro atoms. The number of β-amino-alcohol motifs (C(OH)–C–C–N with tert-alkyl or cyclic N) is 1. The van der Waals surface area contributed by atoms with E-state index in [1.165, 1.54) is 14.2 Å². The molecule has 6 nitrogen and oxygen atoms in total. The predicted octanol–water partition coefficient (Wildman–Crippen LogP) is 0.158. The molecule has 0 aliphatic carbocycles. The van der Waals surface area contributed by atoms with Crippen molar-refractivity contribution >= 4 is 5.91 Å². The lowest BCUT2D eigenvalue weighted by atomic mass is 10.0. The highest BCUT2D eigenvalue weighted by atomic mass is 16.5. The maximum Gasteiger partial charge on any atom is 0.255 e. The Kier molecular flexibility index (Phi) is 4.46. The standard InChI is InChI=1S/C14H20N2O4/c1-19-11-5-3-4-10(12(11)20-2)13(17)16-9-14(18)6-7-15-8-14/h3-5,15,18H,6-9H2,1-2H3,(H,16,17). The number of hydrogen-bond donors (Lipinski definition) is 3. The number of carbonyl (C=O) groups excluding carboxylic acids is 1. The smallest absolute Gasteiger partial charge is 0.255 e. The van der Waals surface area contributed by atoms with Crippen molar-refractivity contribution < 1.29 is 19.4 Å². The zero-order valence-electron chi connectivity index (χ0n) is 11.7. The van der Waals surface area contributed by atoms with E-state index in [1.807, 2.05) is 0 Å². The van der Waals surface area contributed by atoms with Gasteiger partial charge in [-0.1, -0.05) is 6.07 Å². The van der Waals surface area contributed by atoms with Gasteiger partial charge in [-0.15, -0.1) is 0 Å². The number of para-hydroxylation sites is 1. The van der Waals surface area contributed by atoms with Crippen LogP contribution in [0.4, 0.5) is 0 Å². The zero-order chi connectivity index (χ0) is 14.6. The van der Waals surface area contributed by atoms with E-state index >= 15 is 0 Å². The number of nitrogens with one attached hydrogen (secondary N) is 2. The van der Waals surface area contributed by atoms with Crippen LogP contribution in [0.5, 0.6) is 11.5 Å². The molecule has 3 N–H and O–H groups in total. The Morgan fingerprint density at radius 2 is 2.25 bits per heavy atom. The van der Waals surface area contributed by atoms with E-state index < -0.39 is 5.60 Å². The molecule has 1 heterocycles. The highest BCUT2D eigenvalue weighted by Gasteiger charge is 2.31. The first-order valence-corrected chi connectivity index (χ1v) is 6.52. The van der Waals surface area contributed by atoms with E-state index in [4.69, 9.17) is 9.47 Å². The fraction of sp³-hybridized carbons (Fsp3) is 0.500. The lowest BCUT2D eigenvalue weighted by Gasteiger charge is -2.22. The Balaban J connectivity index is 2.09. The molecule has 1 fully saturated rings. The average Bonchev–Trinajstić information content (AvgIpc) is 2.91. The molecule has 1 aromatic rings. The minimum Gasteiger partial charge on any atom is -0.493 e. The third kappa shape index (κ3) is 3.02. The van der Waals surface area contributed by atoms with Crippen LogP contribution in [0.15, 0.2) is 18.2 Å². The minimum absolute atomic E-state index is 0.208. The monoisotopic (exact) mass is 280 g/mol. The number of benzene rings is 1. The van der Waals surface area contributed by atoms with Crippen molar-refractivity contribution in [1.29, 1.82) is 0 Å². The molecule has 0 saturated carbocycles. The van der Waals surface area contributed by atoms with Crippen LogP contribution in [0.2, 0.25) is 0 Å². The van der Waals surface area contributed by atoms with Gasteiger partial charge in [0.05, 0.1) is 25.4 Å². The second-order valence-electron chi connectivity index (χ2n) is 4.87. The Hall–Kier alpha value is -1.79. The van der Waals surface area contributed by atoms with Crippen LogP contribution in [0.25, 0.3) is 0 Å². The van der Waals surface area contributed by atoms with Crippen molar-refractivity contribution in [3.8, 4) is 11.5 Å². The van der Waals surface area contributed by atoms with E-state index in [2.05, 4.69) is 10.6 Å². The van der Waals surface area contributed by atoms with Crippen LogP contribution < -0.4 is 20.1 Å². The van der Waals surface area contributed by atoms with Gasteiger partial charge in [-0.3, -0.25) is 4.79 Å². The number of methoxy groups -OCH3 is 2. The van der Waals surface area contributed by atoms with Gasteiger partial charge in [0.25, 0.3) is 5.91 Å². The molecule has 1 amide bonds. The summed E-state index contributed by atoms with van der Waals surface area (Å²) in [6.07, 6.45) is 0.628. The molecule has 0 bridgehead atoms. The summed E-state index contributed by atoms with van der Waals surface area (Å²) in [7, 11) is 3.01. The average molecular weight is 280 g/mol. The first-order chi connectivity index (χ1) is 9.59. The topological polar surface area (TPSA) is 79.8 Å². The third-order valence-electron chi connectivity index (χ3n) is 3.45. The fourth-order valence-corrected chi connectivity index (χ4v) is 2.29. The highest BCUT2D eigenvalue weighted by Crippen LogP contribution is 2.30. The summed E-state index contributed by atoms with van der Waals surface area (Å²) >= 11 is 0. The first-order valence-electron chi connectivity index (χ1n) is 6.52. The van der Waals surface area contributed by atoms with Crippen molar-refractivity contribution in [2.75, 3.05) is 33.9 Å². The summed E-state index contributed by atoms with van der Waals surface area (Å²) in [4.78, 5) is 12.2. The zero-order valence-corrected chi connectivity index (χ0v) is 11.7. The normalized spacial score (nSPS) is 21.6. The van der Waals surface area contributed by atoms with Crippen LogP contribution in [0.1, 0.15) is 16.8 Å². The van der Waals surface area contributed by atoms with E-state index in [1.54, 1.807) is 18.2 Å². The van der Waals surface area contributed by atoms with Crippen LogP contribution in [-0.4, -0.2) is 50.5 Å². The number of aliphatic hydroxyl groups is 1. The molecular weight excluding hydrogens is 260 g/mol. The predicted molar refractivity (Wildman–Crippen MR) is 74.3 cm³/mol. The summed E-state index contributed by atoms with van der Waals surface area (Å²) in [5, 5.41) is 16.0. The second kappa shape index (κ2) is 6.11. The number of carbonyl (C=O) groups is 1. The maximum absolute atomic E-state index is 12.2. The Labute approximate surface area is 118 Å². The van der Waals surface area contributed by atoms with E-state index in [9.17, 15) is 9.90 Å². The summed E-state index contributed by atoms with van der Waals surface area (Å²) in [6, 6.07) is 5.11. The first kappa shape index (κ1) is 14.6. The number of hydrogen-bond acceptors (Lipinski definition) is 5. The highest BCUT2D eigenvalue weighted by molar-refractivity contribution is 5.97. The molecule has 1 aliphatic rings. The molecule has 0 radical (unpaired) electrons. The van der Waals surface area contributed by atoms with Crippen LogP contribution in [0, 0.1) is 0 Å². The van der Waals surface area contributed by atoms with Gasteiger partial charge in [0.15, 0.2) is 11.5 Å². The van der Waals surface area contributed by atoms with Crippen molar-refractivity contribution in [3.63, 3.8) is 0 Å². The van der Waals surface area contributed by atoms with E-state index in [-0.39, 0.29) is 12.5 Å². The third-order valence-corrected chi connectivity index (χ3v) is 3.45. The van der Waals surface area contributed by atoms with Crippen LogP contribution in [-0.2, 0) is 0 Å². The quantitative estimate of drug-likeness (QED) is 0.716. The fourth-order valence-electron chi connectivity index (χ4n) is 2.29. The largest absolute Gasteiger partial charge is 0.493 e. The molecular formula is C14H20N2O4. The van der Waals surface area contributed by atoms with Gasteiger partial charge < -0.3 is 25.2 Å². The van der Waals surface area contributed by atoms with Gasteiger partial charge >= 0.3 is 0 Å².